The number of benzene rings is 3. The highest BCUT2D eigenvalue weighted by Gasteiger charge is 2.40. The van der Waals surface area contributed by atoms with Gasteiger partial charge in [0.05, 0.1) is 18.5 Å². The number of anilines is 1. The van der Waals surface area contributed by atoms with E-state index in [1.165, 1.54) is 7.11 Å². The van der Waals surface area contributed by atoms with Crippen molar-refractivity contribution in [1.82, 2.24) is 5.01 Å². The molecule has 0 spiro atoms. The van der Waals surface area contributed by atoms with E-state index in [9.17, 15) is 14.4 Å². The van der Waals surface area contributed by atoms with Crippen LogP contribution in [0, 0.1) is 0 Å². The number of carbonyl (C=O) groups excluding carboxylic acids is 3. The van der Waals surface area contributed by atoms with Crippen molar-refractivity contribution in [3.05, 3.63) is 89.4 Å². The number of amides is 3. The van der Waals surface area contributed by atoms with E-state index in [4.69, 9.17) is 16.3 Å². The number of rotatable bonds is 7. The lowest BCUT2D eigenvalue weighted by Gasteiger charge is -2.12. The molecule has 1 atom stereocenters. The first-order valence-corrected chi connectivity index (χ1v) is 10.9. The fraction of sp³-hybridized carbons (Fsp3) is 0.120. The zero-order valence-corrected chi connectivity index (χ0v) is 19.3. The SMILES string of the molecule is COc1ccccc1NC(=O)CC(=O)N1N=C(c2ccccc2)[C@H](N=Nc2ccc(Cl)cc2)C1=O. The molecule has 4 rings (SSSR count). The largest absolute Gasteiger partial charge is 0.495 e. The highest BCUT2D eigenvalue weighted by atomic mass is 35.5. The van der Waals surface area contributed by atoms with Crippen LogP contribution in [0.1, 0.15) is 12.0 Å². The van der Waals surface area contributed by atoms with Crippen LogP contribution in [-0.2, 0) is 14.4 Å². The third kappa shape index (κ3) is 5.59. The van der Waals surface area contributed by atoms with Gasteiger partial charge in [0, 0.05) is 10.6 Å². The van der Waals surface area contributed by atoms with Crippen LogP contribution >= 0.6 is 11.6 Å². The molecule has 1 N–H and O–H groups in total. The Morgan fingerprint density at radius 2 is 1.71 bits per heavy atom. The summed E-state index contributed by atoms with van der Waals surface area (Å²) >= 11 is 5.90. The molecule has 0 aliphatic carbocycles. The highest BCUT2D eigenvalue weighted by molar-refractivity contribution is 6.30. The molecule has 3 aromatic carbocycles. The lowest BCUT2D eigenvalue weighted by molar-refractivity contribution is -0.144. The first-order valence-electron chi connectivity index (χ1n) is 10.6. The zero-order chi connectivity index (χ0) is 24.8. The summed E-state index contributed by atoms with van der Waals surface area (Å²) in [4.78, 5) is 38.5. The summed E-state index contributed by atoms with van der Waals surface area (Å²) in [7, 11) is 1.47. The molecular weight excluding hydrogens is 470 g/mol. The first-order chi connectivity index (χ1) is 17.0. The molecule has 10 heteroatoms. The molecule has 3 aromatic rings. The van der Waals surface area contributed by atoms with Gasteiger partial charge in [-0.2, -0.15) is 20.3 Å². The van der Waals surface area contributed by atoms with Gasteiger partial charge in [0.25, 0.3) is 11.8 Å². The number of hydrogen-bond donors (Lipinski definition) is 1. The quantitative estimate of drug-likeness (QED) is 0.386. The summed E-state index contributed by atoms with van der Waals surface area (Å²) < 4.78 is 5.20. The van der Waals surface area contributed by atoms with Crippen LogP contribution in [0.15, 0.2) is 94.2 Å². The number of nitrogens with zero attached hydrogens (tertiary/aromatic N) is 4. The molecule has 0 bridgehead atoms. The minimum absolute atomic E-state index is 0.256. The second kappa shape index (κ2) is 10.7. The second-order valence-electron chi connectivity index (χ2n) is 7.41. The monoisotopic (exact) mass is 489 g/mol. The van der Waals surface area contributed by atoms with E-state index in [0.29, 0.717) is 32.7 Å². The molecule has 0 saturated carbocycles. The van der Waals surface area contributed by atoms with Crippen LogP contribution in [0.3, 0.4) is 0 Å². The van der Waals surface area contributed by atoms with Gasteiger partial charge in [-0.05, 0) is 36.4 Å². The first kappa shape index (κ1) is 23.8. The number of methoxy groups -OCH3 is 1. The number of para-hydroxylation sites is 2. The van der Waals surface area contributed by atoms with Crippen LogP contribution in [-0.4, -0.2) is 41.6 Å². The van der Waals surface area contributed by atoms with Crippen molar-refractivity contribution >= 4 is 46.4 Å². The lowest BCUT2D eigenvalue weighted by atomic mass is 10.0. The molecule has 0 saturated heterocycles. The smallest absolute Gasteiger partial charge is 0.282 e. The predicted molar refractivity (Wildman–Crippen MR) is 131 cm³/mol. The summed E-state index contributed by atoms with van der Waals surface area (Å²) in [6.07, 6.45) is -0.601. The number of carbonyl (C=O) groups is 3. The average molecular weight is 490 g/mol. The van der Waals surface area contributed by atoms with Crippen LogP contribution in [0.4, 0.5) is 11.4 Å². The van der Waals surface area contributed by atoms with Gasteiger partial charge in [0.2, 0.25) is 5.91 Å². The van der Waals surface area contributed by atoms with Gasteiger partial charge in [-0.3, -0.25) is 14.4 Å². The van der Waals surface area contributed by atoms with Crippen LogP contribution in [0.25, 0.3) is 0 Å². The summed E-state index contributed by atoms with van der Waals surface area (Å²) in [5.41, 5.74) is 1.75. The Hall–Kier alpha value is -4.37. The number of hydrazone groups is 1. The number of azo groups is 1. The van der Waals surface area contributed by atoms with Gasteiger partial charge >= 0.3 is 0 Å². The fourth-order valence-corrected chi connectivity index (χ4v) is 3.46. The van der Waals surface area contributed by atoms with Crippen molar-refractivity contribution in [2.45, 2.75) is 12.5 Å². The molecule has 0 radical (unpaired) electrons. The minimum Gasteiger partial charge on any atom is -0.495 e. The van der Waals surface area contributed by atoms with Gasteiger partial charge in [-0.1, -0.05) is 54.1 Å². The predicted octanol–water partition coefficient (Wildman–Crippen LogP) is 4.60. The van der Waals surface area contributed by atoms with Crippen LogP contribution in [0.2, 0.25) is 5.02 Å². The lowest BCUT2D eigenvalue weighted by Crippen LogP contribution is -2.36. The van der Waals surface area contributed by atoms with E-state index in [-0.39, 0.29) is 5.71 Å². The Balaban J connectivity index is 1.54. The van der Waals surface area contributed by atoms with Crippen molar-refractivity contribution in [2.75, 3.05) is 12.4 Å². The van der Waals surface area contributed by atoms with E-state index >= 15 is 0 Å². The molecule has 0 fully saturated rings. The molecule has 1 aliphatic rings. The van der Waals surface area contributed by atoms with E-state index in [2.05, 4.69) is 20.6 Å². The Morgan fingerprint density at radius 1 is 1.03 bits per heavy atom. The Labute approximate surface area is 206 Å². The summed E-state index contributed by atoms with van der Waals surface area (Å²) in [6.45, 7) is 0. The molecular formula is C25H20ClN5O4. The van der Waals surface area contributed by atoms with Crippen molar-refractivity contribution in [2.24, 2.45) is 15.3 Å². The van der Waals surface area contributed by atoms with Crippen molar-refractivity contribution in [3.8, 4) is 5.75 Å². The Bertz CT molecular complexity index is 1310. The van der Waals surface area contributed by atoms with Crippen molar-refractivity contribution < 1.29 is 19.1 Å². The van der Waals surface area contributed by atoms with E-state index in [0.717, 1.165) is 0 Å². The normalized spacial score (nSPS) is 15.3. The minimum atomic E-state index is -1.14. The Morgan fingerprint density at radius 3 is 2.43 bits per heavy atom. The summed E-state index contributed by atoms with van der Waals surface area (Å²) in [5, 5.41) is 16.3. The number of ether oxygens (including phenoxy) is 1. The fourth-order valence-electron chi connectivity index (χ4n) is 3.34. The van der Waals surface area contributed by atoms with E-state index in [1.807, 2.05) is 6.07 Å². The third-order valence-electron chi connectivity index (χ3n) is 5.02. The highest BCUT2D eigenvalue weighted by Crippen LogP contribution is 2.25. The molecule has 176 valence electrons. The van der Waals surface area contributed by atoms with Crippen molar-refractivity contribution in [1.29, 1.82) is 0 Å². The maximum absolute atomic E-state index is 13.1. The molecule has 3 amide bonds. The van der Waals surface area contributed by atoms with Crippen LogP contribution < -0.4 is 10.1 Å². The van der Waals surface area contributed by atoms with E-state index < -0.39 is 30.2 Å². The van der Waals surface area contributed by atoms with Gasteiger partial charge < -0.3 is 10.1 Å². The van der Waals surface area contributed by atoms with Gasteiger partial charge in [-0.25, -0.2) is 0 Å². The third-order valence-corrected chi connectivity index (χ3v) is 5.28. The standard InChI is InChI=1S/C25H20ClN5O4/c1-35-20-10-6-5-9-19(20)27-21(32)15-22(33)31-25(34)24(23(30-31)16-7-3-2-4-8-16)29-28-18-13-11-17(26)12-14-18/h2-14,24H,15H2,1H3,(H,27,32)/t24-/m0/s1. The number of halogens is 1. The van der Waals surface area contributed by atoms with Crippen LogP contribution in [0.5, 0.6) is 5.75 Å². The maximum Gasteiger partial charge on any atom is 0.282 e. The maximum atomic E-state index is 13.1. The number of imide groups is 1. The molecule has 9 nitrogen and oxygen atoms in total. The van der Waals surface area contributed by atoms with Gasteiger partial charge in [0.1, 0.15) is 17.9 Å². The van der Waals surface area contributed by atoms with Gasteiger partial charge in [0.15, 0.2) is 6.04 Å². The van der Waals surface area contributed by atoms with Gasteiger partial charge in [-0.15, -0.1) is 0 Å². The molecule has 1 heterocycles. The molecule has 1 aliphatic heterocycles. The Kier molecular flexibility index (Phi) is 7.27. The second-order valence-corrected chi connectivity index (χ2v) is 7.85. The molecule has 0 aromatic heterocycles. The average Bonchev–Trinajstić information content (AvgIpc) is 3.20. The number of nitrogens with one attached hydrogen (secondary N) is 1. The molecule has 35 heavy (non-hydrogen) atoms. The summed E-state index contributed by atoms with van der Waals surface area (Å²) in [5.74, 6) is -1.66. The molecule has 0 unspecified atom stereocenters. The van der Waals surface area contributed by atoms with E-state index in [1.54, 1.807) is 72.8 Å². The topological polar surface area (TPSA) is 113 Å². The summed E-state index contributed by atoms with van der Waals surface area (Å²) in [6, 6.07) is 21.1. The van der Waals surface area contributed by atoms with Crippen molar-refractivity contribution in [3.63, 3.8) is 0 Å². The zero-order valence-electron chi connectivity index (χ0n) is 18.6. The number of hydrogen-bond acceptors (Lipinski definition) is 7.